The highest BCUT2D eigenvalue weighted by Crippen LogP contribution is 2.38. The van der Waals surface area contributed by atoms with Gasteiger partial charge in [0, 0.05) is 21.6 Å². The van der Waals surface area contributed by atoms with Crippen molar-refractivity contribution in [3.8, 4) is 11.5 Å². The molecule has 4 atom stereocenters. The first-order valence-electron chi connectivity index (χ1n) is 10.6. The Morgan fingerprint density at radius 2 is 1.91 bits per heavy atom. The number of anilines is 2. The van der Waals surface area contributed by atoms with Gasteiger partial charge in [-0.1, -0.05) is 11.6 Å². The summed E-state index contributed by atoms with van der Waals surface area (Å²) in [5, 5.41) is 4.56. The van der Waals surface area contributed by atoms with Gasteiger partial charge in [-0.15, -0.1) is 0 Å². The Morgan fingerprint density at radius 1 is 1.11 bits per heavy atom. The fourth-order valence-corrected chi connectivity index (χ4v) is 5.41. The first-order chi connectivity index (χ1) is 16.7. The van der Waals surface area contributed by atoms with E-state index in [1.807, 2.05) is 12.1 Å². The van der Waals surface area contributed by atoms with Crippen LogP contribution in [-0.2, 0) is 19.5 Å². The van der Waals surface area contributed by atoms with Crippen molar-refractivity contribution in [1.82, 2.24) is 14.7 Å². The third-order valence-corrected chi connectivity index (χ3v) is 7.72. The van der Waals surface area contributed by atoms with E-state index in [4.69, 9.17) is 30.5 Å². The summed E-state index contributed by atoms with van der Waals surface area (Å²) < 4.78 is 50.1. The average Bonchev–Trinajstić information content (AvgIpc) is 3.38. The van der Waals surface area contributed by atoms with Crippen molar-refractivity contribution in [3.05, 3.63) is 46.2 Å². The number of halogens is 2. The Bertz CT molecular complexity index is 1380. The van der Waals surface area contributed by atoms with E-state index in [9.17, 15) is 8.42 Å². The second-order valence-corrected chi connectivity index (χ2v) is 11.3. The van der Waals surface area contributed by atoms with Crippen LogP contribution in [0.4, 0.5) is 11.5 Å². The first kappa shape index (κ1) is 24.5. The van der Waals surface area contributed by atoms with Crippen molar-refractivity contribution >= 4 is 60.0 Å². The zero-order valence-corrected chi connectivity index (χ0v) is 21.9. The molecule has 0 amide bonds. The standard InChI is InChI=1S/C22H22BrClN4O6S/c1-31-17-6-12-15(25-10-26-22(12)27-11-3-4-13(23)14(24)5-11)7-18(17)34-19-9-33-20-16(8-32-21(19)20)28-35(2,29)30/h3-7,10,16,19-21,28H,8-9H2,1-2H3,(H,25,26,27)/t16-,19-,20+,21+/m0/s1. The van der Waals surface area contributed by atoms with Gasteiger partial charge in [-0.3, -0.25) is 0 Å². The minimum Gasteiger partial charge on any atom is -0.493 e. The lowest BCUT2D eigenvalue weighted by molar-refractivity contribution is 0.0294. The van der Waals surface area contributed by atoms with Gasteiger partial charge in [0.15, 0.2) is 17.6 Å². The smallest absolute Gasteiger partial charge is 0.209 e. The Balaban J connectivity index is 1.39. The summed E-state index contributed by atoms with van der Waals surface area (Å²) in [4.78, 5) is 8.76. The summed E-state index contributed by atoms with van der Waals surface area (Å²) >= 11 is 9.60. The minimum atomic E-state index is -3.39. The molecule has 10 nitrogen and oxygen atoms in total. The maximum Gasteiger partial charge on any atom is 0.209 e. The molecule has 0 saturated carbocycles. The topological polar surface area (TPSA) is 121 Å². The summed E-state index contributed by atoms with van der Waals surface area (Å²) in [5.74, 6) is 1.53. The molecule has 0 radical (unpaired) electrons. The van der Waals surface area contributed by atoms with Gasteiger partial charge in [0.2, 0.25) is 10.0 Å². The Labute approximate surface area is 215 Å². The number of nitrogens with one attached hydrogen (secondary N) is 2. The van der Waals surface area contributed by atoms with Crippen molar-refractivity contribution in [1.29, 1.82) is 0 Å². The largest absolute Gasteiger partial charge is 0.493 e. The number of fused-ring (bicyclic) bond motifs is 2. The fraction of sp³-hybridized carbons (Fsp3) is 0.364. The zero-order valence-electron chi connectivity index (χ0n) is 18.7. The molecule has 3 aromatic rings. The molecule has 13 heteroatoms. The van der Waals surface area contributed by atoms with E-state index in [2.05, 4.69) is 35.9 Å². The third kappa shape index (κ3) is 5.18. The van der Waals surface area contributed by atoms with Gasteiger partial charge < -0.3 is 24.3 Å². The summed E-state index contributed by atoms with van der Waals surface area (Å²) in [5.41, 5.74) is 1.41. The van der Waals surface area contributed by atoms with Gasteiger partial charge in [0.25, 0.3) is 0 Å². The van der Waals surface area contributed by atoms with Crippen LogP contribution in [0.5, 0.6) is 11.5 Å². The van der Waals surface area contributed by atoms with Gasteiger partial charge in [0.05, 0.1) is 43.2 Å². The second kappa shape index (κ2) is 9.68. The summed E-state index contributed by atoms with van der Waals surface area (Å²) in [7, 11) is -1.84. The molecular formula is C22H22BrClN4O6S. The first-order valence-corrected chi connectivity index (χ1v) is 13.7. The number of ether oxygens (including phenoxy) is 4. The molecule has 2 aliphatic heterocycles. The highest BCUT2D eigenvalue weighted by atomic mass is 79.9. The van der Waals surface area contributed by atoms with Crippen LogP contribution in [0, 0.1) is 0 Å². The lowest BCUT2D eigenvalue weighted by Crippen LogP contribution is -2.44. The van der Waals surface area contributed by atoms with Gasteiger partial charge in [-0.05, 0) is 40.2 Å². The molecule has 186 valence electrons. The molecular weight excluding hydrogens is 564 g/mol. The quantitative estimate of drug-likeness (QED) is 0.430. The predicted octanol–water partition coefficient (Wildman–Crippen LogP) is 3.26. The Hall–Kier alpha value is -2.22. The molecule has 2 aliphatic rings. The van der Waals surface area contributed by atoms with Crippen LogP contribution in [0.25, 0.3) is 10.9 Å². The van der Waals surface area contributed by atoms with Crippen molar-refractivity contribution in [2.75, 3.05) is 31.9 Å². The van der Waals surface area contributed by atoms with Crippen LogP contribution >= 0.6 is 27.5 Å². The third-order valence-electron chi connectivity index (χ3n) is 5.75. The molecule has 2 aromatic carbocycles. The second-order valence-electron chi connectivity index (χ2n) is 8.25. The SMILES string of the molecule is COc1cc2c(Nc3ccc(Br)c(Cl)c3)ncnc2cc1O[C@H]1CO[C@H]2[C@@H]1OC[C@@H]2NS(C)(=O)=O. The van der Waals surface area contributed by atoms with Crippen LogP contribution in [0.2, 0.25) is 5.02 Å². The summed E-state index contributed by atoms with van der Waals surface area (Å²) in [6, 6.07) is 8.61. The summed E-state index contributed by atoms with van der Waals surface area (Å²) in [6.45, 7) is 0.457. The van der Waals surface area contributed by atoms with E-state index in [1.165, 1.54) is 6.33 Å². The van der Waals surface area contributed by atoms with Gasteiger partial charge in [-0.2, -0.15) is 0 Å². The number of hydrogen-bond donors (Lipinski definition) is 2. The maximum absolute atomic E-state index is 11.6. The summed E-state index contributed by atoms with van der Waals surface area (Å²) in [6.07, 6.45) is 1.27. The number of methoxy groups -OCH3 is 1. The number of hydrogen-bond acceptors (Lipinski definition) is 9. The number of benzene rings is 2. The molecule has 1 aromatic heterocycles. The molecule has 2 N–H and O–H groups in total. The molecule has 0 unspecified atom stereocenters. The lowest BCUT2D eigenvalue weighted by atomic mass is 10.1. The monoisotopic (exact) mass is 584 g/mol. The molecule has 2 saturated heterocycles. The van der Waals surface area contributed by atoms with Crippen molar-refractivity contribution in [3.63, 3.8) is 0 Å². The highest BCUT2D eigenvalue weighted by Gasteiger charge is 2.49. The van der Waals surface area contributed by atoms with E-state index < -0.39 is 34.4 Å². The van der Waals surface area contributed by atoms with Crippen molar-refractivity contribution in [2.24, 2.45) is 0 Å². The average molecular weight is 586 g/mol. The number of rotatable bonds is 7. The number of sulfonamides is 1. The Morgan fingerprint density at radius 3 is 2.66 bits per heavy atom. The molecule has 3 heterocycles. The fourth-order valence-electron chi connectivity index (χ4n) is 4.23. The highest BCUT2D eigenvalue weighted by molar-refractivity contribution is 9.10. The number of nitrogens with zero attached hydrogens (tertiary/aromatic N) is 2. The van der Waals surface area contributed by atoms with E-state index in [0.29, 0.717) is 27.9 Å². The molecule has 2 fully saturated rings. The normalized spacial score (nSPS) is 23.9. The van der Waals surface area contributed by atoms with Gasteiger partial charge in [-0.25, -0.2) is 23.1 Å². The maximum atomic E-state index is 11.6. The van der Waals surface area contributed by atoms with Crippen LogP contribution < -0.4 is 19.5 Å². The molecule has 0 bridgehead atoms. The van der Waals surface area contributed by atoms with Crippen molar-refractivity contribution in [2.45, 2.75) is 24.4 Å². The van der Waals surface area contributed by atoms with E-state index >= 15 is 0 Å². The van der Waals surface area contributed by atoms with Crippen LogP contribution in [0.15, 0.2) is 41.1 Å². The Kier molecular flexibility index (Phi) is 6.77. The van der Waals surface area contributed by atoms with Crippen LogP contribution in [0.1, 0.15) is 0 Å². The van der Waals surface area contributed by atoms with Gasteiger partial charge in [0.1, 0.15) is 24.4 Å². The molecule has 0 aliphatic carbocycles. The molecule has 0 spiro atoms. The number of aromatic nitrogens is 2. The molecule has 35 heavy (non-hydrogen) atoms. The molecule has 5 rings (SSSR count). The van der Waals surface area contributed by atoms with Crippen LogP contribution in [-0.4, -0.2) is 69.3 Å². The van der Waals surface area contributed by atoms with E-state index in [1.54, 1.807) is 25.3 Å². The minimum absolute atomic E-state index is 0.208. The van der Waals surface area contributed by atoms with E-state index in [0.717, 1.165) is 21.8 Å². The zero-order chi connectivity index (χ0) is 24.7. The van der Waals surface area contributed by atoms with Crippen molar-refractivity contribution < 1.29 is 27.4 Å². The predicted molar refractivity (Wildman–Crippen MR) is 134 cm³/mol. The van der Waals surface area contributed by atoms with E-state index in [-0.39, 0.29) is 13.2 Å². The van der Waals surface area contributed by atoms with Crippen LogP contribution in [0.3, 0.4) is 0 Å². The lowest BCUT2D eigenvalue weighted by Gasteiger charge is -2.20. The van der Waals surface area contributed by atoms with Gasteiger partial charge >= 0.3 is 0 Å².